The van der Waals surface area contributed by atoms with Crippen molar-refractivity contribution in [2.24, 2.45) is 0 Å². The van der Waals surface area contributed by atoms with Gasteiger partial charge in [-0.25, -0.2) is 16.8 Å². The third-order valence-corrected chi connectivity index (χ3v) is 8.18. The summed E-state index contributed by atoms with van der Waals surface area (Å²) in [6.45, 7) is 3.49. The molecule has 3 aromatic rings. The second kappa shape index (κ2) is 8.53. The van der Waals surface area contributed by atoms with Crippen molar-refractivity contribution in [1.82, 2.24) is 0 Å². The Kier molecular flexibility index (Phi) is 5.89. The lowest BCUT2D eigenvalue weighted by Gasteiger charge is -2.18. The zero-order chi connectivity index (χ0) is 23.8. The smallest absolute Gasteiger partial charge is 0.262 e. The first-order chi connectivity index (χ1) is 15.5. The molecule has 0 radical (unpaired) electrons. The van der Waals surface area contributed by atoms with Gasteiger partial charge >= 0.3 is 0 Å². The predicted molar refractivity (Wildman–Crippen MR) is 127 cm³/mol. The molecule has 0 aromatic heterocycles. The Bertz CT molecular complexity index is 1470. The normalized spacial score (nSPS) is 13.7. The van der Waals surface area contributed by atoms with Crippen molar-refractivity contribution in [3.8, 4) is 0 Å². The van der Waals surface area contributed by atoms with E-state index >= 15 is 0 Å². The summed E-state index contributed by atoms with van der Waals surface area (Å²) in [5.41, 5.74) is 3.24. The minimum Gasteiger partial charge on any atom is -0.326 e. The number of anilines is 3. The highest BCUT2D eigenvalue weighted by Gasteiger charge is 2.22. The molecule has 8 nitrogen and oxygen atoms in total. The highest BCUT2D eigenvalue weighted by Crippen LogP contribution is 2.28. The number of rotatable bonds is 6. The first kappa shape index (κ1) is 22.8. The van der Waals surface area contributed by atoms with Crippen molar-refractivity contribution in [2.45, 2.75) is 36.5 Å². The number of nitrogens with one attached hydrogen (secondary N) is 3. The van der Waals surface area contributed by atoms with Gasteiger partial charge in [0.1, 0.15) is 0 Å². The Morgan fingerprint density at radius 1 is 0.788 bits per heavy atom. The molecule has 33 heavy (non-hydrogen) atoms. The molecule has 0 unspecified atom stereocenters. The van der Waals surface area contributed by atoms with Gasteiger partial charge in [-0.2, -0.15) is 0 Å². The minimum atomic E-state index is -3.98. The minimum absolute atomic E-state index is 0.0280. The molecular formula is C23H23N3O5S2. The standard InChI is InChI=1S/C23H23N3O5S2/c1-15-4-3-5-18(12-15)26-33(30,31)22-14-19(8-6-16(22)2)25-32(28,29)20-9-10-21-17(13-20)7-11-23(27)24-21/h3-6,8-10,12-14,25-26H,7,11H2,1-2H3,(H,24,27). The van der Waals surface area contributed by atoms with Crippen LogP contribution in [0.4, 0.5) is 17.1 Å². The second-order valence-electron chi connectivity index (χ2n) is 7.93. The summed E-state index contributed by atoms with van der Waals surface area (Å²) < 4.78 is 56.9. The van der Waals surface area contributed by atoms with E-state index in [1.165, 1.54) is 24.3 Å². The number of amides is 1. The third-order valence-electron chi connectivity index (χ3n) is 5.28. The second-order valence-corrected chi connectivity index (χ2v) is 11.3. The van der Waals surface area contributed by atoms with Gasteiger partial charge in [-0.1, -0.05) is 18.2 Å². The molecule has 0 atom stereocenters. The lowest BCUT2D eigenvalue weighted by molar-refractivity contribution is -0.116. The lowest BCUT2D eigenvalue weighted by atomic mass is 10.0. The number of benzene rings is 3. The Balaban J connectivity index is 1.62. The molecule has 0 aliphatic carbocycles. The zero-order valence-electron chi connectivity index (χ0n) is 18.0. The topological polar surface area (TPSA) is 121 Å². The molecule has 10 heteroatoms. The van der Waals surface area contributed by atoms with E-state index in [4.69, 9.17) is 0 Å². The molecule has 3 aromatic carbocycles. The average molecular weight is 486 g/mol. The quantitative estimate of drug-likeness (QED) is 0.490. The van der Waals surface area contributed by atoms with Gasteiger partial charge in [0.25, 0.3) is 20.0 Å². The van der Waals surface area contributed by atoms with E-state index in [2.05, 4.69) is 14.8 Å². The predicted octanol–water partition coefficient (Wildman–Crippen LogP) is 3.79. The molecule has 0 bridgehead atoms. The van der Waals surface area contributed by atoms with Crippen LogP contribution in [0.1, 0.15) is 23.1 Å². The van der Waals surface area contributed by atoms with Crippen molar-refractivity contribution >= 4 is 43.0 Å². The van der Waals surface area contributed by atoms with Crippen LogP contribution in [0.2, 0.25) is 0 Å². The van der Waals surface area contributed by atoms with Gasteiger partial charge in [0.2, 0.25) is 5.91 Å². The number of hydrogen-bond donors (Lipinski definition) is 3. The molecule has 1 amide bonds. The summed E-state index contributed by atoms with van der Waals surface area (Å²) in [7, 11) is -7.92. The molecule has 4 rings (SSSR count). The van der Waals surface area contributed by atoms with Crippen LogP contribution >= 0.6 is 0 Å². The maximum atomic E-state index is 13.0. The van der Waals surface area contributed by atoms with E-state index in [9.17, 15) is 21.6 Å². The van der Waals surface area contributed by atoms with Gasteiger partial charge in [-0.3, -0.25) is 14.2 Å². The first-order valence-corrected chi connectivity index (χ1v) is 13.2. The summed E-state index contributed by atoms with van der Waals surface area (Å²) in [5, 5.41) is 2.71. The Morgan fingerprint density at radius 3 is 2.27 bits per heavy atom. The van der Waals surface area contributed by atoms with Crippen molar-refractivity contribution in [1.29, 1.82) is 0 Å². The maximum Gasteiger partial charge on any atom is 0.262 e. The van der Waals surface area contributed by atoms with Crippen molar-refractivity contribution in [3.63, 3.8) is 0 Å². The van der Waals surface area contributed by atoms with Gasteiger partial charge in [0.15, 0.2) is 0 Å². The SMILES string of the molecule is Cc1cccc(NS(=O)(=O)c2cc(NS(=O)(=O)c3ccc4c(c3)CCC(=O)N4)ccc2C)c1. The van der Waals surface area contributed by atoms with Crippen LogP contribution in [0.15, 0.2) is 70.5 Å². The first-order valence-electron chi connectivity index (χ1n) is 10.2. The van der Waals surface area contributed by atoms with Gasteiger partial charge in [-0.15, -0.1) is 0 Å². The lowest BCUT2D eigenvalue weighted by Crippen LogP contribution is -2.20. The molecule has 0 saturated carbocycles. The van der Waals surface area contributed by atoms with Crippen molar-refractivity contribution < 1.29 is 21.6 Å². The van der Waals surface area contributed by atoms with E-state index in [1.807, 2.05) is 13.0 Å². The summed E-state index contributed by atoms with van der Waals surface area (Å²) in [6.07, 6.45) is 0.735. The van der Waals surface area contributed by atoms with Crippen molar-refractivity contribution in [2.75, 3.05) is 14.8 Å². The van der Waals surface area contributed by atoms with E-state index in [1.54, 1.807) is 37.3 Å². The number of fused-ring (bicyclic) bond motifs is 1. The highest BCUT2D eigenvalue weighted by atomic mass is 32.2. The molecule has 0 fully saturated rings. The van der Waals surface area contributed by atoms with Crippen LogP contribution in [0.5, 0.6) is 0 Å². The van der Waals surface area contributed by atoms with Gasteiger partial charge in [-0.05, 0) is 79.4 Å². The summed E-state index contributed by atoms with van der Waals surface area (Å²) in [4.78, 5) is 11.5. The van der Waals surface area contributed by atoms with Crippen LogP contribution in [0.3, 0.4) is 0 Å². The zero-order valence-corrected chi connectivity index (χ0v) is 19.7. The molecule has 3 N–H and O–H groups in total. The summed E-state index contributed by atoms with van der Waals surface area (Å²) in [6, 6.07) is 15.8. The van der Waals surface area contributed by atoms with Crippen LogP contribution in [-0.2, 0) is 31.3 Å². The van der Waals surface area contributed by atoms with Crippen LogP contribution in [0.25, 0.3) is 0 Å². The third kappa shape index (κ3) is 5.01. The molecule has 1 heterocycles. The number of hydrogen-bond acceptors (Lipinski definition) is 5. The Morgan fingerprint density at radius 2 is 1.52 bits per heavy atom. The molecular weight excluding hydrogens is 462 g/mol. The van der Waals surface area contributed by atoms with Gasteiger partial charge in [0, 0.05) is 17.8 Å². The highest BCUT2D eigenvalue weighted by molar-refractivity contribution is 7.93. The largest absolute Gasteiger partial charge is 0.326 e. The number of carbonyl (C=O) groups is 1. The molecule has 1 aliphatic heterocycles. The average Bonchev–Trinajstić information content (AvgIpc) is 2.74. The molecule has 0 saturated heterocycles. The van der Waals surface area contributed by atoms with E-state index in [0.717, 1.165) is 11.1 Å². The van der Waals surface area contributed by atoms with E-state index in [0.29, 0.717) is 23.4 Å². The molecule has 1 aliphatic rings. The fourth-order valence-electron chi connectivity index (χ4n) is 3.61. The Labute approximate surface area is 193 Å². The van der Waals surface area contributed by atoms with Crippen LogP contribution < -0.4 is 14.8 Å². The number of sulfonamides is 2. The number of aryl methyl sites for hydroxylation is 3. The fraction of sp³-hybridized carbons (Fsp3) is 0.174. The van der Waals surface area contributed by atoms with Crippen LogP contribution in [0, 0.1) is 13.8 Å². The fourth-order valence-corrected chi connectivity index (χ4v) is 6.03. The number of carbonyl (C=O) groups excluding carboxylic acids is 1. The van der Waals surface area contributed by atoms with Gasteiger partial charge in [0.05, 0.1) is 15.5 Å². The summed E-state index contributed by atoms with van der Waals surface area (Å²) in [5.74, 6) is -0.108. The summed E-state index contributed by atoms with van der Waals surface area (Å²) >= 11 is 0. The van der Waals surface area contributed by atoms with Crippen molar-refractivity contribution in [3.05, 3.63) is 77.4 Å². The Hall–Kier alpha value is -3.37. The molecule has 0 spiro atoms. The van der Waals surface area contributed by atoms with E-state index in [-0.39, 0.29) is 27.8 Å². The maximum absolute atomic E-state index is 13.0. The monoisotopic (exact) mass is 485 g/mol. The van der Waals surface area contributed by atoms with Gasteiger partial charge < -0.3 is 5.32 Å². The molecule has 172 valence electrons. The van der Waals surface area contributed by atoms with Crippen LogP contribution in [-0.4, -0.2) is 22.7 Å². The van der Waals surface area contributed by atoms with E-state index < -0.39 is 20.0 Å².